The molecule has 0 bridgehead atoms. The Labute approximate surface area is 130 Å². The molecule has 0 spiro atoms. The second-order valence-corrected chi connectivity index (χ2v) is 5.13. The van der Waals surface area contributed by atoms with Gasteiger partial charge < -0.3 is 15.4 Å². The summed E-state index contributed by atoms with van der Waals surface area (Å²) in [6, 6.07) is 11.3. The maximum atomic E-state index is 12.3. The third kappa shape index (κ3) is 4.30. The molecular formula is C17H21N3O2. The molecular weight excluding hydrogens is 278 g/mol. The van der Waals surface area contributed by atoms with Gasteiger partial charge >= 0.3 is 0 Å². The van der Waals surface area contributed by atoms with Crippen molar-refractivity contribution in [3.63, 3.8) is 0 Å². The van der Waals surface area contributed by atoms with Gasteiger partial charge in [0.1, 0.15) is 12.4 Å². The highest BCUT2D eigenvalue weighted by Crippen LogP contribution is 2.12. The van der Waals surface area contributed by atoms with Crippen LogP contribution in [-0.2, 0) is 6.54 Å². The Balaban J connectivity index is 1.88. The lowest BCUT2D eigenvalue weighted by Crippen LogP contribution is -2.31. The molecule has 5 nitrogen and oxygen atoms in total. The molecule has 1 amide bonds. The van der Waals surface area contributed by atoms with E-state index in [1.807, 2.05) is 31.2 Å². The third-order valence-corrected chi connectivity index (χ3v) is 3.30. The topological polar surface area (TPSA) is 68.5 Å². The zero-order valence-corrected chi connectivity index (χ0v) is 13.0. The van der Waals surface area contributed by atoms with Gasteiger partial charge in [-0.1, -0.05) is 12.1 Å². The summed E-state index contributed by atoms with van der Waals surface area (Å²) in [7, 11) is 1.75. The van der Waals surface area contributed by atoms with E-state index in [4.69, 9.17) is 10.5 Å². The molecule has 0 aliphatic rings. The molecule has 1 heterocycles. The Morgan fingerprint density at radius 3 is 2.86 bits per heavy atom. The van der Waals surface area contributed by atoms with Crippen LogP contribution in [0.4, 0.5) is 0 Å². The number of nitrogens with two attached hydrogens (primary N) is 1. The molecule has 0 saturated heterocycles. The van der Waals surface area contributed by atoms with E-state index in [1.54, 1.807) is 30.3 Å². The Morgan fingerprint density at radius 1 is 1.32 bits per heavy atom. The van der Waals surface area contributed by atoms with Crippen LogP contribution in [0.3, 0.4) is 0 Å². The van der Waals surface area contributed by atoms with Gasteiger partial charge in [0, 0.05) is 25.4 Å². The van der Waals surface area contributed by atoms with E-state index >= 15 is 0 Å². The molecule has 2 rings (SSSR count). The summed E-state index contributed by atoms with van der Waals surface area (Å²) in [4.78, 5) is 18.0. The standard InChI is InChI=1S/C17H21N3O2/c1-13-4-3-5-16(10-13)22-9-8-20(2)17(21)14-6-7-19-15(11-14)12-18/h3-7,10-11H,8-9,12,18H2,1-2H3. The van der Waals surface area contributed by atoms with Crippen molar-refractivity contribution in [2.24, 2.45) is 5.73 Å². The average molecular weight is 299 g/mol. The lowest BCUT2D eigenvalue weighted by Gasteiger charge is -2.18. The van der Waals surface area contributed by atoms with E-state index in [0.717, 1.165) is 11.3 Å². The zero-order valence-electron chi connectivity index (χ0n) is 13.0. The minimum absolute atomic E-state index is 0.0649. The largest absolute Gasteiger partial charge is 0.492 e. The SMILES string of the molecule is Cc1cccc(OCCN(C)C(=O)c2ccnc(CN)c2)c1. The number of nitrogens with zero attached hydrogens (tertiary/aromatic N) is 2. The van der Waals surface area contributed by atoms with Crippen molar-refractivity contribution in [3.05, 3.63) is 59.4 Å². The lowest BCUT2D eigenvalue weighted by atomic mass is 10.2. The molecule has 0 unspecified atom stereocenters. The lowest BCUT2D eigenvalue weighted by molar-refractivity contribution is 0.0773. The Bertz CT molecular complexity index is 643. The van der Waals surface area contributed by atoms with Crippen LogP contribution < -0.4 is 10.5 Å². The summed E-state index contributed by atoms with van der Waals surface area (Å²) < 4.78 is 5.66. The number of aromatic nitrogens is 1. The number of hydrogen-bond acceptors (Lipinski definition) is 4. The first kappa shape index (κ1) is 16.0. The Hall–Kier alpha value is -2.40. The van der Waals surface area contributed by atoms with Gasteiger partial charge in [0.25, 0.3) is 5.91 Å². The molecule has 0 aliphatic carbocycles. The van der Waals surface area contributed by atoms with Gasteiger partial charge in [-0.25, -0.2) is 0 Å². The molecule has 22 heavy (non-hydrogen) atoms. The number of amides is 1. The Kier molecular flexibility index (Phi) is 5.49. The van der Waals surface area contributed by atoms with Crippen molar-refractivity contribution in [1.29, 1.82) is 0 Å². The van der Waals surface area contributed by atoms with Gasteiger partial charge in [0.15, 0.2) is 0 Å². The molecule has 2 N–H and O–H groups in total. The van der Waals surface area contributed by atoms with Gasteiger partial charge in [-0.05, 0) is 36.8 Å². The number of carbonyl (C=O) groups excluding carboxylic acids is 1. The van der Waals surface area contributed by atoms with Crippen LogP contribution in [0.2, 0.25) is 0 Å². The highest BCUT2D eigenvalue weighted by Gasteiger charge is 2.12. The molecule has 0 saturated carbocycles. The smallest absolute Gasteiger partial charge is 0.253 e. The van der Waals surface area contributed by atoms with Gasteiger partial charge in [-0.15, -0.1) is 0 Å². The highest BCUT2D eigenvalue weighted by molar-refractivity contribution is 5.94. The first-order valence-corrected chi connectivity index (χ1v) is 7.20. The van der Waals surface area contributed by atoms with Crippen LogP contribution in [0.15, 0.2) is 42.6 Å². The fourth-order valence-electron chi connectivity index (χ4n) is 2.05. The summed E-state index contributed by atoms with van der Waals surface area (Å²) >= 11 is 0. The van der Waals surface area contributed by atoms with Gasteiger partial charge in [0.2, 0.25) is 0 Å². The number of rotatable bonds is 6. The van der Waals surface area contributed by atoms with E-state index in [1.165, 1.54) is 0 Å². The molecule has 1 aromatic heterocycles. The summed E-state index contributed by atoms with van der Waals surface area (Å²) in [5.74, 6) is 0.750. The van der Waals surface area contributed by atoms with Crippen LogP contribution in [-0.4, -0.2) is 36.0 Å². The van der Waals surface area contributed by atoms with Crippen molar-refractivity contribution in [3.8, 4) is 5.75 Å². The number of likely N-dealkylation sites (N-methyl/N-ethyl adjacent to an activating group) is 1. The van der Waals surface area contributed by atoms with Gasteiger partial charge in [0.05, 0.1) is 12.2 Å². The second kappa shape index (κ2) is 7.56. The predicted molar refractivity (Wildman–Crippen MR) is 85.8 cm³/mol. The first-order valence-electron chi connectivity index (χ1n) is 7.20. The number of aryl methyl sites for hydroxylation is 1. The van der Waals surface area contributed by atoms with Crippen molar-refractivity contribution < 1.29 is 9.53 Å². The van der Waals surface area contributed by atoms with Crippen LogP contribution in [0.5, 0.6) is 5.75 Å². The normalized spacial score (nSPS) is 10.3. The number of carbonyl (C=O) groups is 1. The quantitative estimate of drug-likeness (QED) is 0.886. The third-order valence-electron chi connectivity index (χ3n) is 3.30. The van der Waals surface area contributed by atoms with E-state index in [9.17, 15) is 4.79 Å². The fraction of sp³-hybridized carbons (Fsp3) is 0.294. The summed E-state index contributed by atoms with van der Waals surface area (Å²) in [5, 5.41) is 0. The highest BCUT2D eigenvalue weighted by atomic mass is 16.5. The number of pyridine rings is 1. The zero-order chi connectivity index (χ0) is 15.9. The Morgan fingerprint density at radius 2 is 2.14 bits per heavy atom. The number of hydrogen-bond donors (Lipinski definition) is 1. The van der Waals surface area contributed by atoms with Crippen molar-refractivity contribution in [1.82, 2.24) is 9.88 Å². The predicted octanol–water partition coefficient (Wildman–Crippen LogP) is 2.00. The maximum absolute atomic E-state index is 12.3. The summed E-state index contributed by atoms with van der Waals surface area (Å²) in [6.45, 7) is 3.29. The van der Waals surface area contributed by atoms with Crippen molar-refractivity contribution in [2.45, 2.75) is 13.5 Å². The van der Waals surface area contributed by atoms with Crippen LogP contribution in [0, 0.1) is 6.92 Å². The molecule has 0 aliphatic heterocycles. The minimum atomic E-state index is -0.0649. The molecule has 0 atom stereocenters. The van der Waals surface area contributed by atoms with Crippen LogP contribution in [0.1, 0.15) is 21.6 Å². The monoisotopic (exact) mass is 299 g/mol. The van der Waals surface area contributed by atoms with E-state index in [2.05, 4.69) is 4.98 Å². The molecule has 1 aromatic carbocycles. The molecule has 5 heteroatoms. The first-order chi connectivity index (χ1) is 10.6. The average Bonchev–Trinajstić information content (AvgIpc) is 2.54. The van der Waals surface area contributed by atoms with Crippen molar-refractivity contribution >= 4 is 5.91 Å². The summed E-state index contributed by atoms with van der Waals surface area (Å²) in [6.07, 6.45) is 1.60. The van der Waals surface area contributed by atoms with Gasteiger partial charge in [-0.3, -0.25) is 9.78 Å². The number of benzene rings is 1. The van der Waals surface area contributed by atoms with Crippen LogP contribution in [0.25, 0.3) is 0 Å². The van der Waals surface area contributed by atoms with E-state index < -0.39 is 0 Å². The molecule has 0 fully saturated rings. The van der Waals surface area contributed by atoms with Gasteiger partial charge in [-0.2, -0.15) is 0 Å². The van der Waals surface area contributed by atoms with E-state index in [-0.39, 0.29) is 5.91 Å². The fourth-order valence-corrected chi connectivity index (χ4v) is 2.05. The maximum Gasteiger partial charge on any atom is 0.253 e. The van der Waals surface area contributed by atoms with Crippen LogP contribution >= 0.6 is 0 Å². The summed E-state index contributed by atoms with van der Waals surface area (Å²) in [5.41, 5.74) is 7.99. The second-order valence-electron chi connectivity index (χ2n) is 5.13. The van der Waals surface area contributed by atoms with Crippen molar-refractivity contribution in [2.75, 3.05) is 20.2 Å². The van der Waals surface area contributed by atoms with E-state index in [0.29, 0.717) is 31.0 Å². The minimum Gasteiger partial charge on any atom is -0.492 e. The molecule has 116 valence electrons. The molecule has 0 radical (unpaired) electrons. The molecule has 2 aromatic rings. The number of ether oxygens (including phenoxy) is 1.